The Labute approximate surface area is 116 Å². The number of ether oxygens (including phenoxy) is 1. The summed E-state index contributed by atoms with van der Waals surface area (Å²) >= 11 is 10.8. The fourth-order valence-corrected chi connectivity index (χ4v) is 1.84. The number of nitrogens with two attached hydrogens (primary N) is 1. The van der Waals surface area contributed by atoms with Crippen LogP contribution in [0.4, 0.5) is 0 Å². The summed E-state index contributed by atoms with van der Waals surface area (Å²) in [6.07, 6.45) is 1.63. The molecule has 2 N–H and O–H groups in total. The molecule has 1 heterocycles. The molecule has 0 bridgehead atoms. The summed E-state index contributed by atoms with van der Waals surface area (Å²) in [5, 5.41) is 0.673. The highest BCUT2D eigenvalue weighted by Gasteiger charge is 2.07. The van der Waals surface area contributed by atoms with Crippen molar-refractivity contribution < 1.29 is 4.74 Å². The molecular weight excluding hydrogens is 268 g/mol. The maximum atomic E-state index is 5.90. The summed E-state index contributed by atoms with van der Waals surface area (Å²) in [6.45, 7) is 0.368. The Hall–Kier alpha value is -1.65. The number of benzene rings is 1. The number of hydrogen-bond acceptors (Lipinski definition) is 3. The highest BCUT2D eigenvalue weighted by atomic mass is 35.5. The zero-order valence-corrected chi connectivity index (χ0v) is 11.0. The molecule has 0 spiro atoms. The average molecular weight is 279 g/mol. The Bertz CT molecular complexity index is 574. The number of rotatable bonds is 4. The fraction of sp³-hybridized carbons (Fsp3) is 0.0769. The SMILES string of the molecule is NC(=S)c1cccnc1OCc1cccc(Cl)c1. The first-order chi connectivity index (χ1) is 8.66. The van der Waals surface area contributed by atoms with Crippen molar-refractivity contribution in [3.8, 4) is 5.88 Å². The Morgan fingerprint density at radius 2 is 2.17 bits per heavy atom. The quantitative estimate of drug-likeness (QED) is 0.874. The minimum Gasteiger partial charge on any atom is -0.472 e. The van der Waals surface area contributed by atoms with Crippen molar-refractivity contribution in [2.24, 2.45) is 5.73 Å². The van der Waals surface area contributed by atoms with Gasteiger partial charge in [0.15, 0.2) is 0 Å². The van der Waals surface area contributed by atoms with Crippen LogP contribution >= 0.6 is 23.8 Å². The Morgan fingerprint density at radius 3 is 2.89 bits per heavy atom. The van der Waals surface area contributed by atoms with E-state index in [1.54, 1.807) is 18.3 Å². The normalized spacial score (nSPS) is 10.1. The Morgan fingerprint density at radius 1 is 1.33 bits per heavy atom. The maximum Gasteiger partial charge on any atom is 0.224 e. The van der Waals surface area contributed by atoms with Crippen molar-refractivity contribution in [2.45, 2.75) is 6.61 Å². The van der Waals surface area contributed by atoms with E-state index in [-0.39, 0.29) is 4.99 Å². The van der Waals surface area contributed by atoms with Gasteiger partial charge in [0.05, 0.1) is 5.56 Å². The summed E-state index contributed by atoms with van der Waals surface area (Å²) in [7, 11) is 0. The summed E-state index contributed by atoms with van der Waals surface area (Å²) in [4.78, 5) is 4.38. The Kier molecular flexibility index (Phi) is 4.12. The molecule has 2 aromatic rings. The van der Waals surface area contributed by atoms with Crippen LogP contribution < -0.4 is 10.5 Å². The first-order valence-corrected chi connectivity index (χ1v) is 6.07. The van der Waals surface area contributed by atoms with E-state index in [9.17, 15) is 0 Å². The highest BCUT2D eigenvalue weighted by molar-refractivity contribution is 7.80. The lowest BCUT2D eigenvalue weighted by Gasteiger charge is -2.09. The lowest BCUT2D eigenvalue weighted by molar-refractivity contribution is 0.293. The van der Waals surface area contributed by atoms with Crippen molar-refractivity contribution in [1.29, 1.82) is 0 Å². The summed E-state index contributed by atoms with van der Waals surface area (Å²) in [6, 6.07) is 11.0. The van der Waals surface area contributed by atoms with E-state index in [0.717, 1.165) is 5.56 Å². The molecule has 3 nitrogen and oxygen atoms in total. The van der Waals surface area contributed by atoms with Crippen molar-refractivity contribution in [3.63, 3.8) is 0 Å². The van der Waals surface area contributed by atoms with E-state index in [2.05, 4.69) is 4.98 Å². The highest BCUT2D eigenvalue weighted by Crippen LogP contribution is 2.17. The van der Waals surface area contributed by atoms with Crippen LogP contribution in [0, 0.1) is 0 Å². The monoisotopic (exact) mass is 278 g/mol. The third kappa shape index (κ3) is 3.18. The molecule has 0 fully saturated rings. The molecule has 0 saturated heterocycles. The van der Waals surface area contributed by atoms with E-state index in [1.807, 2.05) is 24.3 Å². The summed E-state index contributed by atoms with van der Waals surface area (Å²) in [5.41, 5.74) is 7.19. The van der Waals surface area contributed by atoms with Gasteiger partial charge in [0.25, 0.3) is 0 Å². The smallest absolute Gasteiger partial charge is 0.224 e. The molecule has 1 aromatic carbocycles. The molecular formula is C13H11ClN2OS. The predicted octanol–water partition coefficient (Wildman–Crippen LogP) is 2.95. The van der Waals surface area contributed by atoms with Gasteiger partial charge in [0, 0.05) is 11.2 Å². The molecule has 92 valence electrons. The van der Waals surface area contributed by atoms with Gasteiger partial charge in [-0.2, -0.15) is 0 Å². The molecule has 0 radical (unpaired) electrons. The number of hydrogen-bond donors (Lipinski definition) is 1. The minimum absolute atomic E-state index is 0.268. The van der Waals surface area contributed by atoms with E-state index < -0.39 is 0 Å². The molecule has 0 aliphatic heterocycles. The third-order valence-corrected chi connectivity index (χ3v) is 2.76. The maximum absolute atomic E-state index is 5.90. The molecule has 0 unspecified atom stereocenters. The average Bonchev–Trinajstić information content (AvgIpc) is 2.37. The Balaban J connectivity index is 2.13. The second-order valence-electron chi connectivity index (χ2n) is 3.64. The zero-order valence-electron chi connectivity index (χ0n) is 9.47. The molecule has 0 amide bonds. The van der Waals surface area contributed by atoms with Crippen molar-refractivity contribution in [2.75, 3.05) is 0 Å². The van der Waals surface area contributed by atoms with E-state index in [0.29, 0.717) is 23.1 Å². The second kappa shape index (κ2) is 5.80. The number of halogens is 1. The molecule has 0 aliphatic carbocycles. The lowest BCUT2D eigenvalue weighted by atomic mass is 10.2. The van der Waals surface area contributed by atoms with Gasteiger partial charge < -0.3 is 10.5 Å². The van der Waals surface area contributed by atoms with Gasteiger partial charge in [0.1, 0.15) is 11.6 Å². The zero-order chi connectivity index (χ0) is 13.0. The van der Waals surface area contributed by atoms with Gasteiger partial charge in [-0.15, -0.1) is 0 Å². The second-order valence-corrected chi connectivity index (χ2v) is 4.52. The molecule has 5 heteroatoms. The minimum atomic E-state index is 0.268. The molecule has 0 atom stereocenters. The van der Waals surface area contributed by atoms with Gasteiger partial charge >= 0.3 is 0 Å². The van der Waals surface area contributed by atoms with Crippen molar-refractivity contribution in [1.82, 2.24) is 4.98 Å². The van der Waals surface area contributed by atoms with Crippen LogP contribution in [0.15, 0.2) is 42.6 Å². The van der Waals surface area contributed by atoms with Gasteiger partial charge in [-0.25, -0.2) is 4.98 Å². The van der Waals surface area contributed by atoms with E-state index in [1.165, 1.54) is 0 Å². The van der Waals surface area contributed by atoms with Crippen LogP contribution in [0.25, 0.3) is 0 Å². The first kappa shape index (κ1) is 12.8. The number of aromatic nitrogens is 1. The van der Waals surface area contributed by atoms with E-state index in [4.69, 9.17) is 34.3 Å². The summed E-state index contributed by atoms with van der Waals surface area (Å²) in [5.74, 6) is 0.435. The van der Waals surface area contributed by atoms with Crippen LogP contribution in [0.2, 0.25) is 5.02 Å². The fourth-order valence-electron chi connectivity index (χ4n) is 1.47. The van der Waals surface area contributed by atoms with Crippen molar-refractivity contribution >= 4 is 28.8 Å². The van der Waals surface area contributed by atoms with Gasteiger partial charge in [-0.3, -0.25) is 0 Å². The van der Waals surface area contributed by atoms with Gasteiger partial charge in [-0.05, 0) is 29.8 Å². The topological polar surface area (TPSA) is 48.1 Å². The molecule has 1 aromatic heterocycles. The first-order valence-electron chi connectivity index (χ1n) is 5.29. The number of thiocarbonyl (C=S) groups is 1. The standard InChI is InChI=1S/C13H11ClN2OS/c14-10-4-1-3-9(7-10)8-17-13-11(12(15)18)5-2-6-16-13/h1-7H,8H2,(H2,15,18). The summed E-state index contributed by atoms with van der Waals surface area (Å²) < 4.78 is 5.60. The van der Waals surface area contributed by atoms with E-state index >= 15 is 0 Å². The molecule has 18 heavy (non-hydrogen) atoms. The third-order valence-electron chi connectivity index (χ3n) is 2.30. The number of nitrogens with zero attached hydrogens (tertiary/aromatic N) is 1. The largest absolute Gasteiger partial charge is 0.472 e. The molecule has 0 saturated carbocycles. The predicted molar refractivity (Wildman–Crippen MR) is 75.9 cm³/mol. The van der Waals surface area contributed by atoms with Crippen molar-refractivity contribution in [3.05, 3.63) is 58.7 Å². The van der Waals surface area contributed by atoms with Gasteiger partial charge in [0.2, 0.25) is 5.88 Å². The number of pyridine rings is 1. The lowest BCUT2D eigenvalue weighted by Crippen LogP contribution is -2.12. The van der Waals surface area contributed by atoms with Crippen LogP contribution in [0.1, 0.15) is 11.1 Å². The van der Waals surface area contributed by atoms with Crippen LogP contribution in [-0.4, -0.2) is 9.97 Å². The molecule has 2 rings (SSSR count). The van der Waals surface area contributed by atoms with Crippen LogP contribution in [0.3, 0.4) is 0 Å². The van der Waals surface area contributed by atoms with Crippen LogP contribution in [-0.2, 0) is 6.61 Å². The van der Waals surface area contributed by atoms with Crippen LogP contribution in [0.5, 0.6) is 5.88 Å². The molecule has 0 aliphatic rings. The van der Waals surface area contributed by atoms with Gasteiger partial charge in [-0.1, -0.05) is 36.0 Å².